The zero-order valence-corrected chi connectivity index (χ0v) is 14.5. The van der Waals surface area contributed by atoms with Crippen LogP contribution in [0.25, 0.3) is 0 Å². The second-order valence-electron chi connectivity index (χ2n) is 6.09. The topological polar surface area (TPSA) is 72.8 Å². The van der Waals surface area contributed by atoms with E-state index in [4.69, 9.17) is 21.1 Å². The molecule has 1 N–H and O–H groups in total. The van der Waals surface area contributed by atoms with Crippen molar-refractivity contribution in [3.05, 3.63) is 12.2 Å². The van der Waals surface area contributed by atoms with Gasteiger partial charge in [-0.15, -0.1) is 11.6 Å². The summed E-state index contributed by atoms with van der Waals surface area (Å²) < 4.78 is 10.3. The lowest BCUT2D eigenvalue weighted by Crippen LogP contribution is -2.34. The fourth-order valence-electron chi connectivity index (χ4n) is 2.45. The van der Waals surface area contributed by atoms with E-state index in [0.29, 0.717) is 38.0 Å². The molecule has 0 aliphatic heterocycles. The van der Waals surface area contributed by atoms with Crippen LogP contribution in [0.3, 0.4) is 0 Å². The molecule has 0 saturated heterocycles. The number of unbranched alkanes of at least 4 members (excludes halogenated alkanes) is 3. The quantitative estimate of drug-likeness (QED) is 0.301. The van der Waals surface area contributed by atoms with E-state index in [0.717, 1.165) is 25.7 Å². The van der Waals surface area contributed by atoms with E-state index in [1.807, 2.05) is 0 Å². The summed E-state index contributed by atoms with van der Waals surface area (Å²) >= 11 is 5.98. The summed E-state index contributed by atoms with van der Waals surface area (Å²) in [6, 6.07) is 0. The Morgan fingerprint density at radius 2 is 1.74 bits per heavy atom. The molecular formula is C17H27ClO5. The third-order valence-corrected chi connectivity index (χ3v) is 4.41. The lowest BCUT2D eigenvalue weighted by atomic mass is 9.87. The lowest BCUT2D eigenvalue weighted by molar-refractivity contribution is -0.150. The molecule has 0 aromatic heterocycles. The molecule has 1 rings (SSSR count). The minimum atomic E-state index is -0.514. The predicted octanol–water partition coefficient (Wildman–Crippen LogP) is 2.98. The minimum absolute atomic E-state index is 0.192. The number of aliphatic hydroxyl groups excluding tert-OH is 1. The normalized spacial score (nSPS) is 24.0. The van der Waals surface area contributed by atoms with E-state index in [1.54, 1.807) is 6.92 Å². The minimum Gasteiger partial charge on any atom is -0.465 e. The first-order chi connectivity index (χ1) is 10.9. The molecule has 0 spiro atoms. The summed E-state index contributed by atoms with van der Waals surface area (Å²) in [5, 5.41) is 9.18. The van der Waals surface area contributed by atoms with Gasteiger partial charge in [0, 0.05) is 5.57 Å². The van der Waals surface area contributed by atoms with Gasteiger partial charge in [0.05, 0.1) is 30.6 Å². The predicted molar refractivity (Wildman–Crippen MR) is 88.2 cm³/mol. The Morgan fingerprint density at radius 1 is 1.13 bits per heavy atom. The number of carbonyl (C=O) groups is 2. The average Bonchev–Trinajstić information content (AvgIpc) is 2.51. The smallest absolute Gasteiger partial charge is 0.333 e. The van der Waals surface area contributed by atoms with Gasteiger partial charge in [-0.25, -0.2) is 4.79 Å². The highest BCUT2D eigenvalue weighted by Gasteiger charge is 2.32. The van der Waals surface area contributed by atoms with Crippen molar-refractivity contribution in [1.29, 1.82) is 0 Å². The number of esters is 2. The lowest BCUT2D eigenvalue weighted by Gasteiger charge is -2.28. The van der Waals surface area contributed by atoms with Crippen LogP contribution in [0, 0.1) is 5.92 Å². The van der Waals surface area contributed by atoms with E-state index < -0.39 is 6.10 Å². The van der Waals surface area contributed by atoms with Gasteiger partial charge in [-0.1, -0.05) is 6.58 Å². The van der Waals surface area contributed by atoms with Crippen LogP contribution < -0.4 is 0 Å². The van der Waals surface area contributed by atoms with Crippen molar-refractivity contribution in [3.63, 3.8) is 0 Å². The SMILES string of the molecule is C=C(C)C(=O)OCCCCCCOC(=O)C1CCC(O)C(Cl)C1. The van der Waals surface area contributed by atoms with Crippen LogP contribution in [0.2, 0.25) is 0 Å². The number of halogens is 1. The van der Waals surface area contributed by atoms with Crippen molar-refractivity contribution in [2.45, 2.75) is 63.4 Å². The summed E-state index contributed by atoms with van der Waals surface area (Å²) in [4.78, 5) is 23.0. The van der Waals surface area contributed by atoms with Gasteiger partial charge in [0.1, 0.15) is 0 Å². The highest BCUT2D eigenvalue weighted by atomic mass is 35.5. The molecule has 0 aromatic carbocycles. The zero-order valence-electron chi connectivity index (χ0n) is 13.8. The maximum Gasteiger partial charge on any atom is 0.333 e. The van der Waals surface area contributed by atoms with Gasteiger partial charge in [0.25, 0.3) is 0 Å². The first-order valence-corrected chi connectivity index (χ1v) is 8.67. The molecular weight excluding hydrogens is 320 g/mol. The van der Waals surface area contributed by atoms with Crippen LogP contribution in [0.15, 0.2) is 12.2 Å². The van der Waals surface area contributed by atoms with Crippen molar-refractivity contribution in [1.82, 2.24) is 0 Å². The molecule has 1 aliphatic rings. The number of alkyl halides is 1. The van der Waals surface area contributed by atoms with Gasteiger partial charge >= 0.3 is 11.9 Å². The maximum absolute atomic E-state index is 11.9. The molecule has 1 saturated carbocycles. The molecule has 1 fully saturated rings. The molecule has 132 valence electrons. The molecule has 3 atom stereocenters. The summed E-state index contributed by atoms with van der Waals surface area (Å²) in [5.41, 5.74) is 0.409. The van der Waals surface area contributed by atoms with Crippen LogP contribution in [-0.4, -0.2) is 41.7 Å². The highest BCUT2D eigenvalue weighted by Crippen LogP contribution is 2.29. The van der Waals surface area contributed by atoms with Gasteiger partial charge in [0.2, 0.25) is 0 Å². The molecule has 3 unspecified atom stereocenters. The van der Waals surface area contributed by atoms with Gasteiger partial charge in [0.15, 0.2) is 0 Å². The number of rotatable bonds is 9. The Balaban J connectivity index is 1.99. The molecule has 1 aliphatic carbocycles. The van der Waals surface area contributed by atoms with E-state index in [2.05, 4.69) is 6.58 Å². The third kappa shape index (κ3) is 7.84. The van der Waals surface area contributed by atoms with E-state index in [-0.39, 0.29) is 23.2 Å². The zero-order chi connectivity index (χ0) is 17.2. The largest absolute Gasteiger partial charge is 0.465 e. The van der Waals surface area contributed by atoms with Gasteiger partial charge in [-0.3, -0.25) is 4.79 Å². The van der Waals surface area contributed by atoms with Crippen LogP contribution >= 0.6 is 11.6 Å². The Kier molecular flexibility index (Phi) is 9.26. The Bertz CT molecular complexity index is 410. The first-order valence-electron chi connectivity index (χ1n) is 8.23. The molecule has 23 heavy (non-hydrogen) atoms. The van der Waals surface area contributed by atoms with Gasteiger partial charge < -0.3 is 14.6 Å². The Labute approximate surface area is 143 Å². The van der Waals surface area contributed by atoms with Gasteiger partial charge in [-0.2, -0.15) is 0 Å². The molecule has 0 aromatic rings. The molecule has 0 heterocycles. The van der Waals surface area contributed by atoms with Crippen LogP contribution in [0.4, 0.5) is 0 Å². The summed E-state index contributed by atoms with van der Waals surface area (Å²) in [5.74, 6) is -0.755. The fourth-order valence-corrected chi connectivity index (χ4v) is 2.79. The Hall–Kier alpha value is -1.07. The number of ether oxygens (including phenoxy) is 2. The summed E-state index contributed by atoms with van der Waals surface area (Å²) in [7, 11) is 0. The first kappa shape index (κ1) is 20.0. The second kappa shape index (κ2) is 10.7. The molecule has 0 radical (unpaired) electrons. The van der Waals surface area contributed by atoms with E-state index >= 15 is 0 Å². The van der Waals surface area contributed by atoms with Gasteiger partial charge in [-0.05, 0) is 51.9 Å². The molecule has 0 amide bonds. The van der Waals surface area contributed by atoms with Crippen molar-refractivity contribution < 1.29 is 24.2 Å². The van der Waals surface area contributed by atoms with Crippen LogP contribution in [-0.2, 0) is 19.1 Å². The summed E-state index contributed by atoms with van der Waals surface area (Å²) in [6.07, 6.45) is 4.57. The molecule has 0 bridgehead atoms. The van der Waals surface area contributed by atoms with Crippen molar-refractivity contribution in [3.8, 4) is 0 Å². The monoisotopic (exact) mass is 346 g/mol. The Morgan fingerprint density at radius 3 is 2.30 bits per heavy atom. The van der Waals surface area contributed by atoms with E-state index in [9.17, 15) is 14.7 Å². The summed E-state index contributed by atoms with van der Waals surface area (Å²) in [6.45, 7) is 5.93. The van der Waals surface area contributed by atoms with Crippen LogP contribution in [0.5, 0.6) is 0 Å². The van der Waals surface area contributed by atoms with Crippen LogP contribution in [0.1, 0.15) is 51.9 Å². The molecule has 6 heteroatoms. The van der Waals surface area contributed by atoms with Crippen molar-refractivity contribution in [2.75, 3.05) is 13.2 Å². The maximum atomic E-state index is 11.9. The number of carbonyl (C=O) groups excluding carboxylic acids is 2. The van der Waals surface area contributed by atoms with E-state index in [1.165, 1.54) is 0 Å². The van der Waals surface area contributed by atoms with Crippen molar-refractivity contribution in [2.24, 2.45) is 5.92 Å². The molecule has 5 nitrogen and oxygen atoms in total. The average molecular weight is 347 g/mol. The number of aliphatic hydroxyl groups is 1. The number of hydrogen-bond acceptors (Lipinski definition) is 5. The van der Waals surface area contributed by atoms with Crippen molar-refractivity contribution >= 4 is 23.5 Å². The fraction of sp³-hybridized carbons (Fsp3) is 0.765. The second-order valence-corrected chi connectivity index (χ2v) is 6.65. The third-order valence-electron chi connectivity index (χ3n) is 3.94. The highest BCUT2D eigenvalue weighted by molar-refractivity contribution is 6.21. The standard InChI is InChI=1S/C17H27ClO5/c1-12(2)16(20)22-9-5-3-4-6-10-23-17(21)13-7-8-15(19)14(18)11-13/h13-15,19H,1,3-11H2,2H3. The number of hydrogen-bond donors (Lipinski definition) is 1.